The first-order valence-electron chi connectivity index (χ1n) is 4.83. The Labute approximate surface area is 92.1 Å². The van der Waals surface area contributed by atoms with Crippen LogP contribution in [0.4, 0.5) is 5.69 Å². The lowest BCUT2D eigenvalue weighted by atomic mass is 10.1. The molecule has 0 fully saturated rings. The molecule has 0 aliphatic carbocycles. The van der Waals surface area contributed by atoms with E-state index in [1.807, 2.05) is 24.3 Å². The van der Waals surface area contributed by atoms with Crippen LogP contribution in [0.2, 0.25) is 0 Å². The molecule has 1 amide bonds. The van der Waals surface area contributed by atoms with Crippen molar-refractivity contribution < 1.29 is 4.79 Å². The molecule has 2 aromatic rings. The van der Waals surface area contributed by atoms with E-state index in [4.69, 9.17) is 0 Å². The van der Waals surface area contributed by atoms with Crippen LogP contribution in [0.5, 0.6) is 0 Å². The quantitative estimate of drug-likeness (QED) is 0.794. The maximum atomic E-state index is 10.8. The molecule has 0 saturated carbocycles. The number of H-pyrrole nitrogens is 1. The number of nitrogens with zero attached hydrogens (tertiary/aromatic N) is 3. The maximum Gasteiger partial charge on any atom is 0.221 e. The van der Waals surface area contributed by atoms with Crippen molar-refractivity contribution in [2.75, 3.05) is 5.32 Å². The number of nitrogens with one attached hydrogen (secondary N) is 2. The van der Waals surface area contributed by atoms with Gasteiger partial charge < -0.3 is 5.32 Å². The summed E-state index contributed by atoms with van der Waals surface area (Å²) >= 11 is 0. The van der Waals surface area contributed by atoms with Crippen molar-refractivity contribution in [3.8, 4) is 0 Å². The molecule has 2 rings (SSSR count). The minimum atomic E-state index is -0.0779. The van der Waals surface area contributed by atoms with E-state index in [1.54, 1.807) is 0 Å². The van der Waals surface area contributed by atoms with Crippen molar-refractivity contribution in [2.45, 2.75) is 13.3 Å². The van der Waals surface area contributed by atoms with Gasteiger partial charge in [0.05, 0.1) is 0 Å². The van der Waals surface area contributed by atoms with E-state index in [2.05, 4.69) is 25.9 Å². The van der Waals surface area contributed by atoms with Crippen LogP contribution in [-0.2, 0) is 11.2 Å². The zero-order chi connectivity index (χ0) is 11.4. The van der Waals surface area contributed by atoms with Crippen LogP contribution in [0.1, 0.15) is 18.3 Å². The van der Waals surface area contributed by atoms with Gasteiger partial charge in [-0.3, -0.25) is 4.79 Å². The number of hydrogen-bond acceptors (Lipinski definition) is 4. The molecular weight excluding hydrogens is 206 g/mol. The molecule has 0 spiro atoms. The molecule has 1 aromatic heterocycles. The summed E-state index contributed by atoms with van der Waals surface area (Å²) in [5, 5.41) is 16.3. The number of carbonyl (C=O) groups excluding carboxylic acids is 1. The average Bonchev–Trinajstić information content (AvgIpc) is 2.73. The minimum Gasteiger partial charge on any atom is -0.326 e. The highest BCUT2D eigenvalue weighted by Crippen LogP contribution is 2.11. The van der Waals surface area contributed by atoms with Gasteiger partial charge in [-0.2, -0.15) is 5.21 Å². The number of tetrazole rings is 1. The Kier molecular flexibility index (Phi) is 2.90. The SMILES string of the molecule is CC(=O)Nc1ccc(Cc2nn[nH]n2)cc1. The largest absolute Gasteiger partial charge is 0.326 e. The van der Waals surface area contributed by atoms with Gasteiger partial charge in [0, 0.05) is 19.0 Å². The van der Waals surface area contributed by atoms with Crippen molar-refractivity contribution in [1.82, 2.24) is 20.6 Å². The second-order valence-corrected chi connectivity index (χ2v) is 3.38. The maximum absolute atomic E-state index is 10.8. The standard InChI is InChI=1S/C10H11N5O/c1-7(16)11-9-4-2-8(3-5-9)6-10-12-14-15-13-10/h2-5H,6H2,1H3,(H,11,16)(H,12,13,14,15). The van der Waals surface area contributed by atoms with Gasteiger partial charge in [-0.1, -0.05) is 17.3 Å². The number of hydrogen-bond donors (Lipinski definition) is 2. The molecule has 0 saturated heterocycles. The molecule has 0 unspecified atom stereocenters. The third-order valence-electron chi connectivity index (χ3n) is 2.03. The van der Waals surface area contributed by atoms with E-state index in [-0.39, 0.29) is 5.91 Å². The van der Waals surface area contributed by atoms with Crippen LogP contribution in [0.25, 0.3) is 0 Å². The van der Waals surface area contributed by atoms with Gasteiger partial charge in [-0.25, -0.2) is 0 Å². The highest BCUT2D eigenvalue weighted by molar-refractivity contribution is 5.88. The van der Waals surface area contributed by atoms with Crippen molar-refractivity contribution in [3.63, 3.8) is 0 Å². The Morgan fingerprint density at radius 2 is 2.12 bits per heavy atom. The fraction of sp³-hybridized carbons (Fsp3) is 0.200. The Hall–Kier alpha value is -2.24. The number of aromatic amines is 1. The van der Waals surface area contributed by atoms with Crippen LogP contribution in [0, 0.1) is 0 Å². The molecule has 16 heavy (non-hydrogen) atoms. The van der Waals surface area contributed by atoms with E-state index in [0.717, 1.165) is 11.3 Å². The van der Waals surface area contributed by atoms with Gasteiger partial charge >= 0.3 is 0 Å². The summed E-state index contributed by atoms with van der Waals surface area (Å²) in [6.07, 6.45) is 0.622. The first-order chi connectivity index (χ1) is 7.74. The number of anilines is 1. The van der Waals surface area contributed by atoms with E-state index < -0.39 is 0 Å². The number of benzene rings is 1. The summed E-state index contributed by atoms with van der Waals surface area (Å²) in [5.41, 5.74) is 1.85. The van der Waals surface area contributed by atoms with Gasteiger partial charge in [0.1, 0.15) is 0 Å². The molecule has 82 valence electrons. The number of amides is 1. The Morgan fingerprint density at radius 3 is 2.69 bits per heavy atom. The van der Waals surface area contributed by atoms with Crippen LogP contribution >= 0.6 is 0 Å². The van der Waals surface area contributed by atoms with E-state index >= 15 is 0 Å². The van der Waals surface area contributed by atoms with Crippen molar-refractivity contribution in [2.24, 2.45) is 0 Å². The van der Waals surface area contributed by atoms with E-state index in [0.29, 0.717) is 12.2 Å². The Bertz CT molecular complexity index is 462. The van der Waals surface area contributed by atoms with Crippen molar-refractivity contribution in [3.05, 3.63) is 35.7 Å². The zero-order valence-corrected chi connectivity index (χ0v) is 8.77. The van der Waals surface area contributed by atoms with Gasteiger partial charge in [0.2, 0.25) is 5.91 Å². The fourth-order valence-corrected chi connectivity index (χ4v) is 1.35. The topological polar surface area (TPSA) is 83.6 Å². The summed E-state index contributed by atoms with van der Waals surface area (Å²) in [6.45, 7) is 1.48. The molecule has 0 atom stereocenters. The molecule has 6 heteroatoms. The van der Waals surface area contributed by atoms with Crippen LogP contribution in [0.3, 0.4) is 0 Å². The highest BCUT2D eigenvalue weighted by Gasteiger charge is 2.01. The summed E-state index contributed by atoms with van der Waals surface area (Å²) < 4.78 is 0. The van der Waals surface area contributed by atoms with E-state index in [1.165, 1.54) is 6.92 Å². The monoisotopic (exact) mass is 217 g/mol. The molecule has 0 aliphatic heterocycles. The lowest BCUT2D eigenvalue weighted by Crippen LogP contribution is -2.05. The average molecular weight is 217 g/mol. The zero-order valence-electron chi connectivity index (χ0n) is 8.77. The highest BCUT2D eigenvalue weighted by atomic mass is 16.1. The first kappa shape index (κ1) is 10.3. The second-order valence-electron chi connectivity index (χ2n) is 3.38. The van der Waals surface area contributed by atoms with Gasteiger partial charge in [-0.05, 0) is 17.7 Å². The predicted molar refractivity (Wildman–Crippen MR) is 57.7 cm³/mol. The third-order valence-corrected chi connectivity index (χ3v) is 2.03. The minimum absolute atomic E-state index is 0.0779. The summed E-state index contributed by atoms with van der Waals surface area (Å²) in [6, 6.07) is 7.52. The second kappa shape index (κ2) is 4.52. The molecule has 1 heterocycles. The summed E-state index contributed by atoms with van der Waals surface area (Å²) in [7, 11) is 0. The Morgan fingerprint density at radius 1 is 1.38 bits per heavy atom. The third kappa shape index (κ3) is 2.63. The van der Waals surface area contributed by atoms with Crippen molar-refractivity contribution >= 4 is 11.6 Å². The summed E-state index contributed by atoms with van der Waals surface area (Å²) in [5.74, 6) is 0.568. The van der Waals surface area contributed by atoms with Gasteiger partial charge in [0.15, 0.2) is 5.82 Å². The number of carbonyl (C=O) groups is 1. The molecule has 0 bridgehead atoms. The molecule has 6 nitrogen and oxygen atoms in total. The molecule has 2 N–H and O–H groups in total. The first-order valence-corrected chi connectivity index (χ1v) is 4.83. The van der Waals surface area contributed by atoms with Gasteiger partial charge in [-0.15, -0.1) is 10.2 Å². The summed E-state index contributed by atoms with van der Waals surface area (Å²) in [4.78, 5) is 10.8. The normalized spacial score (nSPS) is 10.1. The van der Waals surface area contributed by atoms with Crippen LogP contribution in [-0.4, -0.2) is 26.5 Å². The number of rotatable bonds is 3. The van der Waals surface area contributed by atoms with Gasteiger partial charge in [0.25, 0.3) is 0 Å². The number of aromatic nitrogens is 4. The lowest BCUT2D eigenvalue weighted by molar-refractivity contribution is -0.114. The van der Waals surface area contributed by atoms with E-state index in [9.17, 15) is 4.79 Å². The predicted octanol–water partition coefficient (Wildman–Crippen LogP) is 0.749. The lowest BCUT2D eigenvalue weighted by Gasteiger charge is -2.02. The van der Waals surface area contributed by atoms with Crippen molar-refractivity contribution in [1.29, 1.82) is 0 Å². The fourth-order valence-electron chi connectivity index (χ4n) is 1.35. The Balaban J connectivity index is 2.05. The molecule has 0 aliphatic rings. The molecule has 1 aromatic carbocycles. The smallest absolute Gasteiger partial charge is 0.221 e. The van der Waals surface area contributed by atoms with Crippen LogP contribution in [0.15, 0.2) is 24.3 Å². The molecule has 0 radical (unpaired) electrons. The molecular formula is C10H11N5O. The van der Waals surface area contributed by atoms with Crippen LogP contribution < -0.4 is 5.32 Å².